The van der Waals surface area contributed by atoms with E-state index >= 15 is 0 Å². The molecular weight excluding hydrogens is 293 g/mol. The van der Waals surface area contributed by atoms with Gasteiger partial charge in [0.15, 0.2) is 0 Å². The highest BCUT2D eigenvalue weighted by molar-refractivity contribution is 6.42. The minimum Gasteiger partial charge on any atom is -0.376 e. The molecule has 1 unspecified atom stereocenters. The third-order valence-corrected chi connectivity index (χ3v) is 5.30. The van der Waals surface area contributed by atoms with E-state index in [1.54, 1.807) is 0 Å². The third-order valence-electron chi connectivity index (χ3n) is 4.46. The number of likely N-dealkylation sites (N-methyl/N-ethyl adjacent to an activating group) is 1. The highest BCUT2D eigenvalue weighted by Gasteiger charge is 2.40. The highest BCUT2D eigenvalue weighted by atomic mass is 35.5. The van der Waals surface area contributed by atoms with Crippen LogP contribution in [-0.4, -0.2) is 19.8 Å². The van der Waals surface area contributed by atoms with Gasteiger partial charge in [0.1, 0.15) is 0 Å². The summed E-state index contributed by atoms with van der Waals surface area (Å²) in [5.74, 6) is 0. The molecule has 1 N–H and O–H groups in total. The Kier molecular flexibility index (Phi) is 5.74. The van der Waals surface area contributed by atoms with E-state index in [0.717, 1.165) is 18.4 Å². The predicted octanol–water partition coefficient (Wildman–Crippen LogP) is 4.99. The number of rotatable bonds is 4. The van der Waals surface area contributed by atoms with Gasteiger partial charge in [0.2, 0.25) is 0 Å². The maximum atomic E-state index is 6.42. The van der Waals surface area contributed by atoms with Crippen LogP contribution in [0.3, 0.4) is 0 Å². The molecule has 2 rings (SSSR count). The summed E-state index contributed by atoms with van der Waals surface area (Å²) >= 11 is 12.6. The molecule has 1 aromatic carbocycles. The Morgan fingerprint density at radius 1 is 1.15 bits per heavy atom. The second kappa shape index (κ2) is 7.13. The normalized spacial score (nSPS) is 20.4. The van der Waals surface area contributed by atoms with Gasteiger partial charge in [-0.25, -0.2) is 0 Å². The van der Waals surface area contributed by atoms with Gasteiger partial charge >= 0.3 is 0 Å². The molecule has 0 heterocycles. The van der Waals surface area contributed by atoms with Gasteiger partial charge in [0.25, 0.3) is 0 Å². The smallest absolute Gasteiger partial charge is 0.0872 e. The van der Waals surface area contributed by atoms with Crippen LogP contribution in [-0.2, 0) is 4.74 Å². The van der Waals surface area contributed by atoms with Crippen molar-refractivity contribution in [2.24, 2.45) is 0 Å². The summed E-state index contributed by atoms with van der Waals surface area (Å²) in [6.45, 7) is 0. The van der Waals surface area contributed by atoms with E-state index in [9.17, 15) is 0 Å². The van der Waals surface area contributed by atoms with Crippen molar-refractivity contribution in [3.63, 3.8) is 0 Å². The van der Waals surface area contributed by atoms with Crippen LogP contribution in [0.4, 0.5) is 0 Å². The fourth-order valence-corrected chi connectivity index (χ4v) is 3.80. The van der Waals surface area contributed by atoms with Crippen molar-refractivity contribution in [1.29, 1.82) is 0 Å². The summed E-state index contributed by atoms with van der Waals surface area (Å²) in [6.07, 6.45) is 7.07. The molecule has 1 aliphatic rings. The first kappa shape index (κ1) is 16.1. The van der Waals surface area contributed by atoms with E-state index in [4.69, 9.17) is 27.9 Å². The van der Waals surface area contributed by atoms with E-state index in [2.05, 4.69) is 5.32 Å². The largest absolute Gasteiger partial charge is 0.376 e. The topological polar surface area (TPSA) is 21.3 Å². The van der Waals surface area contributed by atoms with Crippen LogP contribution in [0, 0.1) is 0 Å². The SMILES string of the molecule is CNC(c1cccc(Cl)c1Cl)C1(OC)CCCCCC1. The van der Waals surface area contributed by atoms with Crippen LogP contribution >= 0.6 is 23.2 Å². The monoisotopic (exact) mass is 315 g/mol. The number of benzene rings is 1. The van der Waals surface area contributed by atoms with Crippen molar-refractivity contribution in [2.75, 3.05) is 14.2 Å². The number of methoxy groups -OCH3 is 1. The van der Waals surface area contributed by atoms with Crippen LogP contribution in [0.2, 0.25) is 10.0 Å². The molecule has 1 aromatic rings. The third kappa shape index (κ3) is 3.14. The van der Waals surface area contributed by atoms with E-state index in [-0.39, 0.29) is 11.6 Å². The van der Waals surface area contributed by atoms with Crippen molar-refractivity contribution >= 4 is 23.2 Å². The lowest BCUT2D eigenvalue weighted by molar-refractivity contribution is -0.0522. The Hall–Kier alpha value is -0.280. The van der Waals surface area contributed by atoms with Crippen molar-refractivity contribution in [3.05, 3.63) is 33.8 Å². The molecule has 0 saturated heterocycles. The summed E-state index contributed by atoms with van der Waals surface area (Å²) in [5, 5.41) is 4.64. The molecule has 0 aromatic heterocycles. The molecule has 1 atom stereocenters. The van der Waals surface area contributed by atoms with Crippen molar-refractivity contribution in [2.45, 2.75) is 50.2 Å². The van der Waals surface area contributed by atoms with Crippen molar-refractivity contribution in [3.8, 4) is 0 Å². The molecule has 0 bridgehead atoms. The van der Waals surface area contributed by atoms with E-state index in [1.165, 1.54) is 25.7 Å². The minimum absolute atomic E-state index is 0.0665. The molecular formula is C16H23Cl2NO. The lowest BCUT2D eigenvalue weighted by Crippen LogP contribution is -2.44. The summed E-state index contributed by atoms with van der Waals surface area (Å²) in [7, 11) is 3.78. The molecule has 1 aliphatic carbocycles. The summed E-state index contributed by atoms with van der Waals surface area (Å²) in [4.78, 5) is 0. The average Bonchev–Trinajstić information content (AvgIpc) is 2.71. The zero-order valence-corrected chi connectivity index (χ0v) is 13.7. The molecule has 4 heteroatoms. The van der Waals surface area contributed by atoms with Crippen molar-refractivity contribution < 1.29 is 4.74 Å². The Morgan fingerprint density at radius 2 is 1.80 bits per heavy atom. The van der Waals surface area contributed by atoms with Gasteiger partial charge in [0.05, 0.1) is 21.7 Å². The Morgan fingerprint density at radius 3 is 2.35 bits per heavy atom. The second-order valence-electron chi connectivity index (χ2n) is 5.55. The van der Waals surface area contributed by atoms with Crippen LogP contribution in [0.5, 0.6) is 0 Å². The fraction of sp³-hybridized carbons (Fsp3) is 0.625. The summed E-state index contributed by atoms with van der Waals surface area (Å²) < 4.78 is 6.00. The van der Waals surface area contributed by atoms with Gasteiger partial charge in [-0.2, -0.15) is 0 Å². The van der Waals surface area contributed by atoms with Crippen LogP contribution in [0.15, 0.2) is 18.2 Å². The Balaban J connectivity index is 2.40. The molecule has 1 fully saturated rings. The first-order valence-electron chi connectivity index (χ1n) is 7.31. The summed E-state index contributed by atoms with van der Waals surface area (Å²) in [6, 6.07) is 5.89. The van der Waals surface area contributed by atoms with E-state index in [0.29, 0.717) is 10.0 Å². The number of halogens is 2. The average molecular weight is 316 g/mol. The molecule has 0 aliphatic heterocycles. The van der Waals surface area contributed by atoms with E-state index in [1.807, 2.05) is 32.4 Å². The van der Waals surface area contributed by atoms with Gasteiger partial charge in [-0.1, -0.05) is 61.0 Å². The fourth-order valence-electron chi connectivity index (χ4n) is 3.38. The zero-order valence-electron chi connectivity index (χ0n) is 12.2. The van der Waals surface area contributed by atoms with Gasteiger partial charge in [-0.15, -0.1) is 0 Å². The molecule has 2 nitrogen and oxygen atoms in total. The van der Waals surface area contributed by atoms with Gasteiger partial charge < -0.3 is 10.1 Å². The quantitative estimate of drug-likeness (QED) is 0.790. The molecule has 1 saturated carbocycles. The molecule has 0 radical (unpaired) electrons. The van der Waals surface area contributed by atoms with E-state index < -0.39 is 0 Å². The lowest BCUT2D eigenvalue weighted by atomic mass is 9.82. The first-order chi connectivity index (χ1) is 9.64. The van der Waals surface area contributed by atoms with Gasteiger partial charge in [0, 0.05) is 7.11 Å². The lowest BCUT2D eigenvalue weighted by Gasteiger charge is -2.40. The molecule has 0 spiro atoms. The molecule has 112 valence electrons. The second-order valence-corrected chi connectivity index (χ2v) is 6.33. The first-order valence-corrected chi connectivity index (χ1v) is 8.06. The molecule has 0 amide bonds. The Labute approximate surface area is 131 Å². The number of nitrogens with one attached hydrogen (secondary N) is 1. The minimum atomic E-state index is -0.195. The van der Waals surface area contributed by atoms with Gasteiger partial charge in [-0.3, -0.25) is 0 Å². The van der Waals surface area contributed by atoms with Crippen LogP contribution in [0.25, 0.3) is 0 Å². The Bertz CT molecular complexity index is 442. The van der Waals surface area contributed by atoms with Gasteiger partial charge in [-0.05, 0) is 31.5 Å². The maximum absolute atomic E-state index is 6.42. The summed E-state index contributed by atoms with van der Waals surface area (Å²) in [5.41, 5.74) is 0.838. The van der Waals surface area contributed by atoms with Crippen molar-refractivity contribution in [1.82, 2.24) is 5.32 Å². The number of ether oxygens (including phenoxy) is 1. The predicted molar refractivity (Wildman–Crippen MR) is 85.7 cm³/mol. The van der Waals surface area contributed by atoms with Crippen LogP contribution < -0.4 is 5.32 Å². The number of hydrogen-bond donors (Lipinski definition) is 1. The number of hydrogen-bond acceptors (Lipinski definition) is 2. The maximum Gasteiger partial charge on any atom is 0.0872 e. The standard InChI is InChI=1S/C16H23Cl2NO/c1-19-15(12-8-7-9-13(17)14(12)18)16(20-2)10-5-3-4-6-11-16/h7-9,15,19H,3-6,10-11H2,1-2H3. The van der Waals surface area contributed by atoms with Crippen LogP contribution in [0.1, 0.15) is 50.1 Å². The highest BCUT2D eigenvalue weighted by Crippen LogP contribution is 2.43. The molecule has 20 heavy (non-hydrogen) atoms. The zero-order chi connectivity index (χ0) is 14.6.